The highest BCUT2D eigenvalue weighted by Gasteiger charge is 2.13. The zero-order valence-corrected chi connectivity index (χ0v) is 20.3. The highest BCUT2D eigenvalue weighted by Crippen LogP contribution is 2.32. The molecule has 0 saturated carbocycles. The Bertz CT molecular complexity index is 1770. The summed E-state index contributed by atoms with van der Waals surface area (Å²) in [6, 6.07) is 29.5. The van der Waals surface area contributed by atoms with E-state index in [-0.39, 0.29) is 5.97 Å². The number of aryl methyl sites for hydroxylation is 1. The molecule has 0 radical (unpaired) electrons. The maximum Gasteiger partial charge on any atom is 0.337 e. The van der Waals surface area contributed by atoms with Crippen molar-refractivity contribution in [3.63, 3.8) is 0 Å². The number of rotatable bonds is 5. The average molecular weight is 486 g/mol. The number of benzene rings is 4. The number of methoxy groups -OCH3 is 1. The van der Waals surface area contributed by atoms with E-state index >= 15 is 0 Å². The van der Waals surface area contributed by atoms with Crippen LogP contribution in [-0.2, 0) is 4.74 Å². The molecule has 0 aliphatic heterocycles. The van der Waals surface area contributed by atoms with Crippen molar-refractivity contribution in [2.24, 2.45) is 0 Å². The second kappa shape index (κ2) is 9.20. The number of para-hydroxylation sites is 1. The largest absolute Gasteiger partial charge is 0.465 e. The molecule has 0 aliphatic rings. The number of esters is 1. The van der Waals surface area contributed by atoms with Gasteiger partial charge in [0.2, 0.25) is 0 Å². The number of carbonyl (C=O) groups excluding carboxylic acids is 1. The van der Waals surface area contributed by atoms with E-state index in [0.717, 1.165) is 44.4 Å². The third-order valence-electron chi connectivity index (χ3n) is 6.45. The second-order valence-electron chi connectivity index (χ2n) is 8.74. The molecule has 0 unspecified atom stereocenters. The van der Waals surface area contributed by atoms with Crippen LogP contribution < -0.4 is 5.32 Å². The molecule has 0 aliphatic carbocycles. The first-order chi connectivity index (χ1) is 18.1. The number of anilines is 2. The standard InChI is InChI=1S/C30H23N5O2/c1-19-7-3-6-10-26(19)35-18-31-25-17-22(15-16-27(25)35)32-29-24-9-5-4-8-23(24)28(33-34-29)20-11-13-21(14-12-20)30(36)37-2/h3-18H,1-2H3,(H,32,34). The summed E-state index contributed by atoms with van der Waals surface area (Å²) in [7, 11) is 1.37. The van der Waals surface area contributed by atoms with Gasteiger partial charge >= 0.3 is 5.97 Å². The van der Waals surface area contributed by atoms with Gasteiger partial charge in [0.15, 0.2) is 5.82 Å². The number of ether oxygens (including phenoxy) is 1. The topological polar surface area (TPSA) is 81.9 Å². The monoisotopic (exact) mass is 485 g/mol. The fourth-order valence-electron chi connectivity index (χ4n) is 4.54. The first-order valence-corrected chi connectivity index (χ1v) is 11.9. The molecule has 0 bridgehead atoms. The molecule has 6 aromatic rings. The lowest BCUT2D eigenvalue weighted by molar-refractivity contribution is 0.0600. The fraction of sp³-hybridized carbons (Fsp3) is 0.0667. The van der Waals surface area contributed by atoms with Crippen LogP contribution in [0, 0.1) is 6.92 Å². The molecule has 6 rings (SSSR count). The summed E-state index contributed by atoms with van der Waals surface area (Å²) < 4.78 is 6.90. The maximum absolute atomic E-state index is 11.8. The maximum atomic E-state index is 11.8. The molecular formula is C30H23N5O2. The van der Waals surface area contributed by atoms with Crippen molar-refractivity contribution in [1.82, 2.24) is 19.7 Å². The quantitative estimate of drug-likeness (QED) is 0.282. The highest BCUT2D eigenvalue weighted by atomic mass is 16.5. The molecule has 37 heavy (non-hydrogen) atoms. The second-order valence-corrected chi connectivity index (χ2v) is 8.74. The Kier molecular flexibility index (Phi) is 5.58. The van der Waals surface area contributed by atoms with Crippen LogP contribution in [0.3, 0.4) is 0 Å². The molecule has 0 fully saturated rings. The van der Waals surface area contributed by atoms with Gasteiger partial charge in [-0.1, -0.05) is 54.6 Å². The van der Waals surface area contributed by atoms with Gasteiger partial charge < -0.3 is 10.1 Å². The summed E-state index contributed by atoms with van der Waals surface area (Å²) in [5.74, 6) is 0.283. The van der Waals surface area contributed by atoms with Gasteiger partial charge in [0, 0.05) is 22.0 Å². The van der Waals surface area contributed by atoms with Crippen molar-refractivity contribution < 1.29 is 9.53 Å². The van der Waals surface area contributed by atoms with E-state index in [1.165, 1.54) is 12.7 Å². The Hall–Kier alpha value is -5.04. The van der Waals surface area contributed by atoms with Crippen molar-refractivity contribution >= 4 is 39.3 Å². The van der Waals surface area contributed by atoms with Crippen LogP contribution in [0.25, 0.3) is 38.8 Å². The van der Waals surface area contributed by atoms with Crippen LogP contribution in [0.15, 0.2) is 97.3 Å². The van der Waals surface area contributed by atoms with Crippen molar-refractivity contribution in [3.8, 4) is 16.9 Å². The van der Waals surface area contributed by atoms with Gasteiger partial charge in [-0.15, -0.1) is 10.2 Å². The van der Waals surface area contributed by atoms with E-state index in [4.69, 9.17) is 4.74 Å². The van der Waals surface area contributed by atoms with Gasteiger partial charge in [-0.3, -0.25) is 4.57 Å². The molecule has 0 saturated heterocycles. The number of imidazole rings is 1. The molecule has 0 amide bonds. The molecule has 0 atom stereocenters. The predicted molar refractivity (Wildman–Crippen MR) is 145 cm³/mol. The van der Waals surface area contributed by atoms with E-state index < -0.39 is 0 Å². The van der Waals surface area contributed by atoms with Crippen LogP contribution >= 0.6 is 0 Å². The van der Waals surface area contributed by atoms with Crippen LogP contribution in [-0.4, -0.2) is 32.8 Å². The van der Waals surface area contributed by atoms with Gasteiger partial charge in [-0.2, -0.15) is 0 Å². The minimum absolute atomic E-state index is 0.372. The van der Waals surface area contributed by atoms with Crippen molar-refractivity contribution in [1.29, 1.82) is 0 Å². The summed E-state index contributed by atoms with van der Waals surface area (Å²) in [6.07, 6.45) is 1.85. The molecule has 2 aromatic heterocycles. The Morgan fingerprint density at radius 3 is 2.41 bits per heavy atom. The summed E-state index contributed by atoms with van der Waals surface area (Å²) in [4.78, 5) is 16.4. The van der Waals surface area contributed by atoms with Gasteiger partial charge in [-0.25, -0.2) is 9.78 Å². The summed E-state index contributed by atoms with van der Waals surface area (Å²) in [5.41, 5.74) is 7.17. The summed E-state index contributed by atoms with van der Waals surface area (Å²) >= 11 is 0. The molecular weight excluding hydrogens is 462 g/mol. The SMILES string of the molecule is COC(=O)c1ccc(-c2nnc(Nc3ccc4c(c3)ncn4-c3ccccc3C)c3ccccc23)cc1. The van der Waals surface area contributed by atoms with Crippen LogP contribution in [0.5, 0.6) is 0 Å². The summed E-state index contributed by atoms with van der Waals surface area (Å²) in [6.45, 7) is 2.10. The van der Waals surface area contributed by atoms with Crippen LogP contribution in [0.1, 0.15) is 15.9 Å². The molecule has 1 N–H and O–H groups in total. The number of hydrogen-bond acceptors (Lipinski definition) is 6. The third-order valence-corrected chi connectivity index (χ3v) is 6.45. The number of carbonyl (C=O) groups is 1. The van der Waals surface area contributed by atoms with E-state index in [2.05, 4.69) is 50.2 Å². The Balaban J connectivity index is 1.35. The Morgan fingerprint density at radius 1 is 0.865 bits per heavy atom. The molecule has 2 heterocycles. The lowest BCUT2D eigenvalue weighted by Crippen LogP contribution is -2.01. The van der Waals surface area contributed by atoms with Crippen LogP contribution in [0.2, 0.25) is 0 Å². The molecule has 4 aromatic carbocycles. The number of aromatic nitrogens is 4. The van der Waals surface area contributed by atoms with E-state index in [1.54, 1.807) is 12.1 Å². The van der Waals surface area contributed by atoms with E-state index in [0.29, 0.717) is 11.4 Å². The third kappa shape index (κ3) is 4.06. The molecule has 7 nitrogen and oxygen atoms in total. The molecule has 7 heteroatoms. The summed E-state index contributed by atoms with van der Waals surface area (Å²) in [5, 5.41) is 14.4. The molecule has 180 valence electrons. The Morgan fingerprint density at radius 2 is 1.62 bits per heavy atom. The van der Waals surface area contributed by atoms with E-state index in [1.807, 2.05) is 67.0 Å². The number of nitrogens with zero attached hydrogens (tertiary/aromatic N) is 4. The first-order valence-electron chi connectivity index (χ1n) is 11.9. The highest BCUT2D eigenvalue weighted by molar-refractivity contribution is 6.01. The first kappa shape index (κ1) is 22.4. The minimum atomic E-state index is -0.372. The fourth-order valence-corrected chi connectivity index (χ4v) is 4.54. The van der Waals surface area contributed by atoms with Crippen LogP contribution in [0.4, 0.5) is 11.5 Å². The zero-order chi connectivity index (χ0) is 25.4. The van der Waals surface area contributed by atoms with Crippen molar-refractivity contribution in [2.75, 3.05) is 12.4 Å². The minimum Gasteiger partial charge on any atom is -0.465 e. The van der Waals surface area contributed by atoms with Gasteiger partial charge in [0.25, 0.3) is 0 Å². The van der Waals surface area contributed by atoms with Gasteiger partial charge in [0.1, 0.15) is 12.0 Å². The number of fused-ring (bicyclic) bond motifs is 2. The zero-order valence-electron chi connectivity index (χ0n) is 20.3. The van der Waals surface area contributed by atoms with Gasteiger partial charge in [-0.05, 0) is 48.9 Å². The number of hydrogen-bond donors (Lipinski definition) is 1. The predicted octanol–water partition coefficient (Wildman–Crippen LogP) is 6.47. The lowest BCUT2D eigenvalue weighted by Gasteiger charge is -2.12. The lowest BCUT2D eigenvalue weighted by atomic mass is 10.0. The smallest absolute Gasteiger partial charge is 0.337 e. The van der Waals surface area contributed by atoms with E-state index in [9.17, 15) is 4.79 Å². The van der Waals surface area contributed by atoms with Gasteiger partial charge in [0.05, 0.1) is 29.4 Å². The van der Waals surface area contributed by atoms with Crippen molar-refractivity contribution in [2.45, 2.75) is 6.92 Å². The average Bonchev–Trinajstić information content (AvgIpc) is 3.36. The molecule has 0 spiro atoms. The normalized spacial score (nSPS) is 11.1. The Labute approximate surface area is 213 Å². The number of nitrogens with one attached hydrogen (secondary N) is 1. The van der Waals surface area contributed by atoms with Crippen molar-refractivity contribution in [3.05, 3.63) is 108 Å².